The maximum Gasteiger partial charge on any atom is 0.244 e. The molecular weight excluding hydrogens is 195 g/mol. The van der Waals surface area contributed by atoms with E-state index in [1.54, 1.807) is 20.9 Å². The van der Waals surface area contributed by atoms with Crippen LogP contribution in [0.25, 0.3) is 0 Å². The highest BCUT2D eigenvalue weighted by Gasteiger charge is 2.24. The van der Waals surface area contributed by atoms with E-state index in [4.69, 9.17) is 0 Å². The van der Waals surface area contributed by atoms with Crippen molar-refractivity contribution >= 4 is 11.6 Å². The van der Waals surface area contributed by atoms with Gasteiger partial charge >= 0.3 is 0 Å². The Morgan fingerprint density at radius 1 is 1.27 bits per heavy atom. The second kappa shape index (κ2) is 4.40. The van der Waals surface area contributed by atoms with Crippen molar-refractivity contribution < 1.29 is 9.18 Å². The smallest absolute Gasteiger partial charge is 0.244 e. The van der Waals surface area contributed by atoms with Gasteiger partial charge in [0.2, 0.25) is 5.91 Å². The number of benzene rings is 1. The van der Waals surface area contributed by atoms with Gasteiger partial charge < -0.3 is 10.6 Å². The van der Waals surface area contributed by atoms with Gasteiger partial charge in [-0.05, 0) is 45.2 Å². The van der Waals surface area contributed by atoms with E-state index in [0.29, 0.717) is 5.69 Å². The summed E-state index contributed by atoms with van der Waals surface area (Å²) in [4.78, 5) is 11.7. The Morgan fingerprint density at radius 2 is 1.80 bits per heavy atom. The maximum atomic E-state index is 12.6. The summed E-state index contributed by atoms with van der Waals surface area (Å²) < 4.78 is 12.6. The lowest BCUT2D eigenvalue weighted by atomic mass is 10.1. The van der Waals surface area contributed by atoms with E-state index in [-0.39, 0.29) is 11.7 Å². The molecule has 1 rings (SSSR count). The number of carbonyl (C=O) groups is 1. The molecule has 0 saturated carbocycles. The van der Waals surface area contributed by atoms with Crippen LogP contribution in [0.2, 0.25) is 0 Å². The van der Waals surface area contributed by atoms with E-state index < -0.39 is 5.54 Å². The monoisotopic (exact) mass is 210 g/mol. The number of halogens is 1. The number of anilines is 1. The molecule has 0 unspecified atom stereocenters. The predicted octanol–water partition coefficient (Wildman–Crippen LogP) is 1.76. The summed E-state index contributed by atoms with van der Waals surface area (Å²) in [5.74, 6) is -0.475. The average Bonchev–Trinajstić information content (AvgIpc) is 2.21. The lowest BCUT2D eigenvalue weighted by Crippen LogP contribution is -2.47. The maximum absolute atomic E-state index is 12.6. The van der Waals surface area contributed by atoms with Crippen molar-refractivity contribution in [2.24, 2.45) is 0 Å². The Balaban J connectivity index is 2.71. The third kappa shape index (κ3) is 3.02. The second-order valence-electron chi connectivity index (χ2n) is 3.84. The molecule has 0 aliphatic rings. The van der Waals surface area contributed by atoms with Crippen molar-refractivity contribution in [3.63, 3.8) is 0 Å². The van der Waals surface area contributed by atoms with E-state index in [9.17, 15) is 9.18 Å². The minimum absolute atomic E-state index is 0.156. The number of amides is 1. The lowest BCUT2D eigenvalue weighted by Gasteiger charge is -2.22. The van der Waals surface area contributed by atoms with Crippen molar-refractivity contribution in [1.82, 2.24) is 5.32 Å². The van der Waals surface area contributed by atoms with Crippen LogP contribution in [0.1, 0.15) is 13.8 Å². The van der Waals surface area contributed by atoms with E-state index in [2.05, 4.69) is 10.6 Å². The quantitative estimate of drug-likeness (QED) is 0.798. The third-order valence-electron chi connectivity index (χ3n) is 2.29. The summed E-state index contributed by atoms with van der Waals surface area (Å²) in [7, 11) is 1.71. The zero-order chi connectivity index (χ0) is 11.5. The highest BCUT2D eigenvalue weighted by atomic mass is 19.1. The third-order valence-corrected chi connectivity index (χ3v) is 2.29. The summed E-state index contributed by atoms with van der Waals surface area (Å²) in [6.45, 7) is 3.54. The van der Waals surface area contributed by atoms with Crippen molar-refractivity contribution in [3.8, 4) is 0 Å². The van der Waals surface area contributed by atoms with Crippen molar-refractivity contribution in [1.29, 1.82) is 0 Å². The van der Waals surface area contributed by atoms with E-state index in [0.717, 1.165) is 0 Å². The zero-order valence-corrected chi connectivity index (χ0v) is 9.10. The molecule has 0 aromatic heterocycles. The zero-order valence-electron chi connectivity index (χ0n) is 9.10. The largest absolute Gasteiger partial charge is 0.325 e. The van der Waals surface area contributed by atoms with Gasteiger partial charge in [0.25, 0.3) is 0 Å². The fourth-order valence-electron chi connectivity index (χ4n) is 0.934. The van der Waals surface area contributed by atoms with Gasteiger partial charge in [0, 0.05) is 5.69 Å². The predicted molar refractivity (Wildman–Crippen MR) is 58.2 cm³/mol. The summed E-state index contributed by atoms with van der Waals surface area (Å²) in [5.41, 5.74) is -0.0567. The standard InChI is InChI=1S/C11H15FN2O/c1-11(2,13-3)10(15)14-9-6-4-8(12)5-7-9/h4-7,13H,1-3H3,(H,14,15). The van der Waals surface area contributed by atoms with Gasteiger partial charge in [0.15, 0.2) is 0 Å². The van der Waals surface area contributed by atoms with Crippen LogP contribution in [0.15, 0.2) is 24.3 Å². The van der Waals surface area contributed by atoms with Crippen LogP contribution in [0.4, 0.5) is 10.1 Å². The molecule has 15 heavy (non-hydrogen) atoms. The van der Waals surface area contributed by atoms with Crippen molar-refractivity contribution in [3.05, 3.63) is 30.1 Å². The molecule has 1 amide bonds. The molecule has 0 spiro atoms. The molecule has 0 saturated heterocycles. The van der Waals surface area contributed by atoms with Gasteiger partial charge in [-0.25, -0.2) is 4.39 Å². The van der Waals surface area contributed by atoms with Gasteiger partial charge in [-0.3, -0.25) is 4.79 Å². The van der Waals surface area contributed by atoms with E-state index in [1.165, 1.54) is 24.3 Å². The number of carbonyl (C=O) groups excluding carboxylic acids is 1. The first-order valence-corrected chi connectivity index (χ1v) is 4.71. The molecule has 3 nitrogen and oxygen atoms in total. The van der Waals surface area contributed by atoms with Crippen molar-refractivity contribution in [2.75, 3.05) is 12.4 Å². The van der Waals surface area contributed by atoms with Crippen molar-refractivity contribution in [2.45, 2.75) is 19.4 Å². The Labute approximate surface area is 88.7 Å². The fraction of sp³-hybridized carbons (Fsp3) is 0.364. The topological polar surface area (TPSA) is 41.1 Å². The molecule has 0 radical (unpaired) electrons. The Morgan fingerprint density at radius 3 is 2.27 bits per heavy atom. The number of rotatable bonds is 3. The summed E-state index contributed by atoms with van der Waals surface area (Å²) in [6.07, 6.45) is 0. The van der Waals surface area contributed by atoms with Gasteiger partial charge in [0.05, 0.1) is 5.54 Å². The SMILES string of the molecule is CNC(C)(C)C(=O)Nc1ccc(F)cc1. The highest BCUT2D eigenvalue weighted by Crippen LogP contribution is 2.11. The average molecular weight is 210 g/mol. The molecule has 1 aromatic carbocycles. The van der Waals surface area contributed by atoms with Crippen LogP contribution in [0, 0.1) is 5.82 Å². The highest BCUT2D eigenvalue weighted by molar-refractivity contribution is 5.97. The number of nitrogens with one attached hydrogen (secondary N) is 2. The minimum atomic E-state index is -0.644. The molecule has 2 N–H and O–H groups in total. The fourth-order valence-corrected chi connectivity index (χ4v) is 0.934. The Kier molecular flexibility index (Phi) is 3.42. The number of hydrogen-bond acceptors (Lipinski definition) is 2. The molecule has 0 atom stereocenters. The molecule has 0 aliphatic carbocycles. The van der Waals surface area contributed by atoms with Crippen LogP contribution >= 0.6 is 0 Å². The number of hydrogen-bond donors (Lipinski definition) is 2. The van der Waals surface area contributed by atoms with Gasteiger partial charge in [-0.1, -0.05) is 0 Å². The Hall–Kier alpha value is -1.42. The molecular formula is C11H15FN2O. The summed E-state index contributed by atoms with van der Waals surface area (Å²) in [5, 5.41) is 5.58. The summed E-state index contributed by atoms with van der Waals surface area (Å²) >= 11 is 0. The van der Waals surface area contributed by atoms with Crippen LogP contribution in [-0.2, 0) is 4.79 Å². The Bertz CT molecular complexity index is 346. The molecule has 82 valence electrons. The first-order chi connectivity index (χ1) is 6.95. The normalized spacial score (nSPS) is 11.2. The molecule has 1 aromatic rings. The van der Waals surface area contributed by atoms with Gasteiger partial charge in [-0.2, -0.15) is 0 Å². The van der Waals surface area contributed by atoms with E-state index >= 15 is 0 Å². The van der Waals surface area contributed by atoms with Crippen LogP contribution in [0.5, 0.6) is 0 Å². The van der Waals surface area contributed by atoms with Crippen LogP contribution in [-0.4, -0.2) is 18.5 Å². The lowest BCUT2D eigenvalue weighted by molar-refractivity contribution is -0.121. The first-order valence-electron chi connectivity index (χ1n) is 4.71. The molecule has 0 fully saturated rings. The van der Waals surface area contributed by atoms with E-state index in [1.807, 2.05) is 0 Å². The van der Waals surface area contributed by atoms with Gasteiger partial charge in [0.1, 0.15) is 5.82 Å². The molecule has 4 heteroatoms. The number of likely N-dealkylation sites (N-methyl/N-ethyl adjacent to an activating group) is 1. The second-order valence-corrected chi connectivity index (χ2v) is 3.84. The van der Waals surface area contributed by atoms with Crippen LogP contribution < -0.4 is 10.6 Å². The molecule has 0 aliphatic heterocycles. The summed E-state index contributed by atoms with van der Waals surface area (Å²) in [6, 6.07) is 5.67. The first kappa shape index (κ1) is 11.7. The van der Waals surface area contributed by atoms with Crippen LogP contribution in [0.3, 0.4) is 0 Å². The molecule has 0 bridgehead atoms. The minimum Gasteiger partial charge on any atom is -0.325 e. The molecule has 0 heterocycles. The van der Waals surface area contributed by atoms with Gasteiger partial charge in [-0.15, -0.1) is 0 Å².